The molecule has 15 nitrogen and oxygen atoms in total. The van der Waals surface area contributed by atoms with Gasteiger partial charge in [0.15, 0.2) is 11.5 Å². The molecule has 0 amide bonds. The van der Waals surface area contributed by atoms with Crippen molar-refractivity contribution in [3.63, 3.8) is 0 Å². The molecule has 0 atom stereocenters. The summed E-state index contributed by atoms with van der Waals surface area (Å²) in [5.41, 5.74) is 9.71. The van der Waals surface area contributed by atoms with E-state index < -0.39 is 0 Å². The standard InChI is InChI=1S/C29H46N8O7/c1-23-19-24(21-32-27(23)36-5-3-31-4-6-36)20-25-22-33-28-26(30)34-29(35-37(25)28)44-18-17-43-16-15-42-14-13-41-12-11-40-10-9-39-8-7-38-2/h19,21-22,31H,3-18,20H2,1-2H3,(H2,30,34,35). The van der Waals surface area contributed by atoms with Crippen molar-refractivity contribution in [2.45, 2.75) is 13.3 Å². The quantitative estimate of drug-likeness (QED) is 0.150. The number of nitrogens with two attached hydrogens (primary N) is 1. The number of rotatable bonds is 22. The summed E-state index contributed by atoms with van der Waals surface area (Å²) in [6, 6.07) is 2.33. The minimum Gasteiger partial charge on any atom is -0.460 e. The highest BCUT2D eigenvalue weighted by Gasteiger charge is 2.16. The van der Waals surface area contributed by atoms with E-state index in [9.17, 15) is 0 Å². The summed E-state index contributed by atoms with van der Waals surface area (Å²) < 4.78 is 39.6. The third-order valence-electron chi connectivity index (χ3n) is 6.73. The molecule has 4 rings (SSSR count). The average Bonchev–Trinajstić information content (AvgIpc) is 3.44. The Hall–Kier alpha value is -3.18. The molecular formula is C29H46N8O7. The third-order valence-corrected chi connectivity index (χ3v) is 6.73. The zero-order valence-electron chi connectivity index (χ0n) is 25.9. The molecule has 0 saturated carbocycles. The van der Waals surface area contributed by atoms with Crippen molar-refractivity contribution in [1.29, 1.82) is 0 Å². The molecule has 0 bridgehead atoms. The number of imidazole rings is 1. The minimum absolute atomic E-state index is 0.164. The molecule has 0 spiro atoms. The number of ether oxygens (including phenoxy) is 7. The van der Waals surface area contributed by atoms with Crippen molar-refractivity contribution in [3.05, 3.63) is 35.3 Å². The van der Waals surface area contributed by atoms with Gasteiger partial charge in [-0.25, -0.2) is 14.5 Å². The highest BCUT2D eigenvalue weighted by Crippen LogP contribution is 2.21. The van der Waals surface area contributed by atoms with Crippen molar-refractivity contribution < 1.29 is 33.2 Å². The molecule has 1 aliphatic rings. The van der Waals surface area contributed by atoms with Crippen LogP contribution in [0.15, 0.2) is 18.5 Å². The van der Waals surface area contributed by atoms with Gasteiger partial charge in [-0.2, -0.15) is 4.98 Å². The Morgan fingerprint density at radius 2 is 1.39 bits per heavy atom. The number of aromatic nitrogens is 5. The third kappa shape index (κ3) is 11.1. The fourth-order valence-corrected chi connectivity index (χ4v) is 4.57. The van der Waals surface area contributed by atoms with Gasteiger partial charge in [0.1, 0.15) is 12.4 Å². The molecule has 1 fully saturated rings. The largest absolute Gasteiger partial charge is 0.460 e. The molecule has 0 aliphatic carbocycles. The van der Waals surface area contributed by atoms with Gasteiger partial charge in [0.25, 0.3) is 0 Å². The van der Waals surface area contributed by atoms with E-state index in [1.165, 1.54) is 0 Å². The summed E-state index contributed by atoms with van der Waals surface area (Å²) in [7, 11) is 1.64. The Bertz CT molecular complexity index is 1240. The van der Waals surface area contributed by atoms with Crippen LogP contribution in [0, 0.1) is 6.92 Å². The maximum absolute atomic E-state index is 6.15. The zero-order valence-corrected chi connectivity index (χ0v) is 25.9. The second-order valence-electron chi connectivity index (χ2n) is 10.1. The predicted molar refractivity (Wildman–Crippen MR) is 164 cm³/mol. The van der Waals surface area contributed by atoms with E-state index in [2.05, 4.69) is 38.3 Å². The van der Waals surface area contributed by atoms with E-state index in [-0.39, 0.29) is 18.4 Å². The maximum Gasteiger partial charge on any atom is 0.336 e. The first-order valence-electron chi connectivity index (χ1n) is 15.1. The van der Waals surface area contributed by atoms with Crippen LogP contribution in [0.2, 0.25) is 0 Å². The van der Waals surface area contributed by atoms with Crippen LogP contribution in [0.5, 0.6) is 6.01 Å². The normalized spacial score (nSPS) is 13.6. The van der Waals surface area contributed by atoms with Crippen molar-refractivity contribution in [1.82, 2.24) is 29.9 Å². The molecule has 44 heavy (non-hydrogen) atoms. The van der Waals surface area contributed by atoms with Crippen molar-refractivity contribution in [3.8, 4) is 6.01 Å². The smallest absolute Gasteiger partial charge is 0.336 e. The van der Waals surface area contributed by atoms with Crippen LogP contribution in [-0.4, -0.2) is 137 Å². The molecule has 0 radical (unpaired) electrons. The number of aryl methyl sites for hydroxylation is 1. The molecule has 3 aromatic heterocycles. The van der Waals surface area contributed by atoms with E-state index in [1.54, 1.807) is 17.8 Å². The van der Waals surface area contributed by atoms with E-state index in [1.807, 2.05) is 6.20 Å². The topological polar surface area (TPSA) is 162 Å². The fraction of sp³-hybridized carbons (Fsp3) is 0.655. The van der Waals surface area contributed by atoms with Crippen LogP contribution in [-0.2, 0) is 34.8 Å². The first-order chi connectivity index (χ1) is 21.7. The van der Waals surface area contributed by atoms with Gasteiger partial charge in [0.2, 0.25) is 0 Å². The first kappa shape index (κ1) is 33.7. The molecule has 1 aliphatic heterocycles. The van der Waals surface area contributed by atoms with Gasteiger partial charge in [-0.3, -0.25) is 0 Å². The summed E-state index contributed by atoms with van der Waals surface area (Å²) in [5, 5.41) is 7.89. The van der Waals surface area contributed by atoms with Crippen LogP contribution in [0.25, 0.3) is 5.65 Å². The van der Waals surface area contributed by atoms with Gasteiger partial charge in [0, 0.05) is 45.9 Å². The predicted octanol–water partition coefficient (Wildman–Crippen LogP) is 0.519. The Balaban J connectivity index is 1.09. The minimum atomic E-state index is 0.164. The fourth-order valence-electron chi connectivity index (χ4n) is 4.57. The number of nitrogen functional groups attached to an aromatic ring is 1. The summed E-state index contributed by atoms with van der Waals surface area (Å²) in [6.45, 7) is 11.7. The average molecular weight is 619 g/mol. The summed E-state index contributed by atoms with van der Waals surface area (Å²) >= 11 is 0. The first-order valence-corrected chi connectivity index (χ1v) is 15.1. The van der Waals surface area contributed by atoms with Crippen LogP contribution in [0.1, 0.15) is 16.8 Å². The second-order valence-corrected chi connectivity index (χ2v) is 10.1. The summed E-state index contributed by atoms with van der Waals surface area (Å²) in [6.07, 6.45) is 4.27. The molecular weight excluding hydrogens is 572 g/mol. The molecule has 3 aromatic rings. The van der Waals surface area contributed by atoms with Gasteiger partial charge in [-0.1, -0.05) is 6.07 Å². The second kappa shape index (κ2) is 19.3. The maximum atomic E-state index is 6.15. The Kier molecular flexibility index (Phi) is 14.8. The molecule has 1 saturated heterocycles. The van der Waals surface area contributed by atoms with Crippen LogP contribution >= 0.6 is 0 Å². The van der Waals surface area contributed by atoms with Gasteiger partial charge in [-0.15, -0.1) is 5.10 Å². The van der Waals surface area contributed by atoms with E-state index in [0.29, 0.717) is 84.7 Å². The lowest BCUT2D eigenvalue weighted by atomic mass is 10.1. The Morgan fingerprint density at radius 1 is 0.795 bits per heavy atom. The van der Waals surface area contributed by atoms with Crippen LogP contribution < -0.4 is 20.7 Å². The molecule has 0 unspecified atom stereocenters. The molecule has 244 valence electrons. The number of piperazine rings is 1. The number of anilines is 2. The molecule has 4 heterocycles. The highest BCUT2D eigenvalue weighted by molar-refractivity contribution is 5.60. The zero-order chi connectivity index (χ0) is 30.8. The van der Waals surface area contributed by atoms with Gasteiger partial charge >= 0.3 is 6.01 Å². The number of methoxy groups -OCH3 is 1. The van der Waals surface area contributed by atoms with Crippen molar-refractivity contribution >= 4 is 17.3 Å². The number of nitrogens with one attached hydrogen (secondary N) is 1. The van der Waals surface area contributed by atoms with E-state index in [0.717, 1.165) is 48.8 Å². The molecule has 15 heteroatoms. The number of hydrogen-bond acceptors (Lipinski definition) is 14. The molecule has 0 aromatic carbocycles. The number of nitrogens with zero attached hydrogens (tertiary/aromatic N) is 6. The number of hydrogen-bond donors (Lipinski definition) is 2. The van der Waals surface area contributed by atoms with Gasteiger partial charge in [-0.05, 0) is 18.1 Å². The van der Waals surface area contributed by atoms with Gasteiger partial charge < -0.3 is 49.1 Å². The van der Waals surface area contributed by atoms with E-state index in [4.69, 9.17) is 43.9 Å². The number of fused-ring (bicyclic) bond motifs is 1. The summed E-state index contributed by atoms with van der Waals surface area (Å²) in [4.78, 5) is 15.7. The van der Waals surface area contributed by atoms with Crippen molar-refractivity contribution in [2.24, 2.45) is 0 Å². The van der Waals surface area contributed by atoms with E-state index >= 15 is 0 Å². The van der Waals surface area contributed by atoms with Crippen molar-refractivity contribution in [2.75, 3.05) is 123 Å². The molecule has 3 N–H and O–H groups in total. The lowest BCUT2D eigenvalue weighted by Gasteiger charge is -2.29. The highest BCUT2D eigenvalue weighted by atomic mass is 16.6. The SMILES string of the molecule is COCCOCCOCCOCCOCCOCCOc1nc(N)c2ncc(Cc3cnc(N4CCNCC4)c(C)c3)n2n1. The number of pyridine rings is 1. The lowest BCUT2D eigenvalue weighted by molar-refractivity contribution is -0.0160. The lowest BCUT2D eigenvalue weighted by Crippen LogP contribution is -2.44. The van der Waals surface area contributed by atoms with Gasteiger partial charge in [0.05, 0.1) is 84.6 Å². The Morgan fingerprint density at radius 3 is 1.98 bits per heavy atom. The monoisotopic (exact) mass is 618 g/mol. The Labute approximate surface area is 258 Å². The summed E-state index contributed by atoms with van der Waals surface area (Å²) in [5.74, 6) is 1.28. The van der Waals surface area contributed by atoms with Crippen LogP contribution in [0.4, 0.5) is 11.6 Å². The van der Waals surface area contributed by atoms with Crippen LogP contribution in [0.3, 0.4) is 0 Å².